The average molecular weight is 559 g/mol. The maximum absolute atomic E-state index is 2.50. The first-order valence-corrected chi connectivity index (χ1v) is 18.7. The second-order valence-corrected chi connectivity index (χ2v) is 17.2. The van der Waals surface area contributed by atoms with Gasteiger partial charge in [-0.1, -0.05) is 47.0 Å². The molecule has 0 aliphatic carbocycles. The van der Waals surface area contributed by atoms with Crippen LogP contribution in [0.15, 0.2) is 0 Å². The number of rotatable bonds is 11. The number of hydrogen-bond acceptors (Lipinski definition) is 0. The van der Waals surface area contributed by atoms with E-state index in [4.69, 9.17) is 0 Å². The molecule has 5 aliphatic rings. The Bertz CT molecular complexity index is 760. The van der Waals surface area contributed by atoms with Crippen LogP contribution in [0.2, 0.25) is 0 Å². The fraction of sp³-hybridized carbons (Fsp3) is 1.00. The summed E-state index contributed by atoms with van der Waals surface area (Å²) in [7, 11) is 4.94. The van der Waals surface area contributed by atoms with Gasteiger partial charge in [-0.25, -0.2) is 0 Å². The molecule has 0 bridgehead atoms. The van der Waals surface area contributed by atoms with E-state index >= 15 is 0 Å². The molecule has 2 spiro atoms. The minimum atomic E-state index is 0.980. The van der Waals surface area contributed by atoms with Crippen LogP contribution in [0.4, 0.5) is 0 Å². The summed E-state index contributed by atoms with van der Waals surface area (Å²) in [6, 6.07) is 0. The molecule has 0 radical (unpaired) electrons. The second kappa shape index (κ2) is 13.3. The molecule has 0 saturated carbocycles. The minimum absolute atomic E-state index is 0.980. The molecule has 3 heteroatoms. The van der Waals surface area contributed by atoms with E-state index < -0.39 is 0 Å². The Balaban J connectivity index is 1.00. The lowest BCUT2D eigenvalue weighted by Gasteiger charge is -2.42. The smallest absolute Gasteiger partial charge is 0.0820 e. The standard InChI is InChI=1S/C37H72N3/c1-7-32-24-38(5,6)25-36(32)14-15-37-29-40(28-35(37)10-4)22-18-31(19-23-40)13-11-12-30-16-20-39(21-17-30)26-33(8-2)34(9-3)27-39/h30-37H,7-29H2,1-6H3/q+3. The molecule has 6 atom stereocenters. The summed E-state index contributed by atoms with van der Waals surface area (Å²) in [6.07, 6.45) is 19.5. The summed E-state index contributed by atoms with van der Waals surface area (Å²) in [6.45, 7) is 24.8. The van der Waals surface area contributed by atoms with Crippen LogP contribution < -0.4 is 0 Å². The lowest BCUT2D eigenvalue weighted by atomic mass is 9.83. The molecule has 5 saturated heterocycles. The second-order valence-electron chi connectivity index (χ2n) is 17.2. The monoisotopic (exact) mass is 559 g/mol. The van der Waals surface area contributed by atoms with Gasteiger partial charge in [0, 0.05) is 35.5 Å². The first-order valence-electron chi connectivity index (χ1n) is 18.7. The molecule has 5 fully saturated rings. The van der Waals surface area contributed by atoms with Crippen molar-refractivity contribution in [3.05, 3.63) is 0 Å². The van der Waals surface area contributed by atoms with Gasteiger partial charge in [0.2, 0.25) is 0 Å². The minimum Gasteiger partial charge on any atom is -0.328 e. The van der Waals surface area contributed by atoms with Gasteiger partial charge in [-0.15, -0.1) is 0 Å². The van der Waals surface area contributed by atoms with Crippen molar-refractivity contribution in [2.24, 2.45) is 47.3 Å². The van der Waals surface area contributed by atoms with E-state index in [9.17, 15) is 0 Å². The molecule has 6 unspecified atom stereocenters. The summed E-state index contributed by atoms with van der Waals surface area (Å²) in [5, 5.41) is 0. The van der Waals surface area contributed by atoms with Crippen molar-refractivity contribution in [3.63, 3.8) is 0 Å². The van der Waals surface area contributed by atoms with Gasteiger partial charge < -0.3 is 13.4 Å². The van der Waals surface area contributed by atoms with E-state index in [0.717, 1.165) is 47.3 Å². The van der Waals surface area contributed by atoms with Gasteiger partial charge in [0.1, 0.15) is 0 Å². The molecule has 0 N–H and O–H groups in total. The van der Waals surface area contributed by atoms with Gasteiger partial charge in [-0.2, -0.15) is 0 Å². The molecule has 40 heavy (non-hydrogen) atoms. The normalized spacial score (nSPS) is 45.1. The van der Waals surface area contributed by atoms with Gasteiger partial charge in [0.05, 0.1) is 79.5 Å². The van der Waals surface area contributed by atoms with Crippen molar-refractivity contribution >= 4 is 0 Å². The molecule has 0 aromatic carbocycles. The number of nitrogens with zero attached hydrogens (tertiary/aromatic N) is 3. The lowest BCUT2D eigenvalue weighted by Crippen LogP contribution is -2.51. The highest BCUT2D eigenvalue weighted by Gasteiger charge is 2.48. The van der Waals surface area contributed by atoms with Crippen LogP contribution in [0.1, 0.15) is 111 Å². The SMILES string of the molecule is CCC1C[N+](C)(C)CC1CCC1C[N+]2(CCC(CCCC3CC[N+]4(CC3)CC(CC)C(CC)C4)CC2)CC1CC. The van der Waals surface area contributed by atoms with E-state index in [1.54, 1.807) is 12.8 Å². The third kappa shape index (κ3) is 7.15. The number of hydrogen-bond donors (Lipinski definition) is 0. The van der Waals surface area contributed by atoms with Crippen LogP contribution in [-0.4, -0.2) is 93.0 Å². The number of likely N-dealkylation sites (tertiary alicyclic amines) is 1. The Morgan fingerprint density at radius 1 is 0.425 bits per heavy atom. The Morgan fingerprint density at radius 2 is 0.750 bits per heavy atom. The van der Waals surface area contributed by atoms with Crippen LogP contribution >= 0.6 is 0 Å². The third-order valence-corrected chi connectivity index (χ3v) is 14.2. The highest BCUT2D eigenvalue weighted by atomic mass is 15.4. The number of piperidine rings is 2. The fourth-order valence-electron chi connectivity index (χ4n) is 11.7. The summed E-state index contributed by atoms with van der Waals surface area (Å²) in [4.78, 5) is 0. The predicted molar refractivity (Wildman–Crippen MR) is 172 cm³/mol. The van der Waals surface area contributed by atoms with Crippen molar-refractivity contribution in [3.8, 4) is 0 Å². The highest BCUT2D eigenvalue weighted by Crippen LogP contribution is 2.42. The summed E-state index contributed by atoms with van der Waals surface area (Å²) < 4.78 is 4.29. The van der Waals surface area contributed by atoms with Crippen molar-refractivity contribution < 1.29 is 13.4 Å². The summed E-state index contributed by atoms with van der Waals surface area (Å²) in [5.74, 6) is 8.13. The molecule has 0 aromatic heterocycles. The molecule has 5 heterocycles. The largest absolute Gasteiger partial charge is 0.328 e. The molecule has 3 nitrogen and oxygen atoms in total. The molecule has 0 amide bonds. The Hall–Kier alpha value is -0.120. The zero-order valence-electron chi connectivity index (χ0n) is 28.2. The summed E-state index contributed by atoms with van der Waals surface area (Å²) in [5.41, 5.74) is 0. The van der Waals surface area contributed by atoms with Gasteiger partial charge in [-0.3, -0.25) is 0 Å². The Labute approximate surface area is 251 Å². The van der Waals surface area contributed by atoms with Gasteiger partial charge in [-0.05, 0) is 76.0 Å². The van der Waals surface area contributed by atoms with Gasteiger partial charge in [0.15, 0.2) is 0 Å². The van der Waals surface area contributed by atoms with E-state index in [0.29, 0.717) is 0 Å². The number of quaternary nitrogens is 3. The van der Waals surface area contributed by atoms with E-state index in [1.807, 2.05) is 0 Å². The zero-order chi connectivity index (χ0) is 28.4. The van der Waals surface area contributed by atoms with Crippen LogP contribution in [0.5, 0.6) is 0 Å². The maximum Gasteiger partial charge on any atom is 0.0820 e. The quantitative estimate of drug-likeness (QED) is 0.227. The van der Waals surface area contributed by atoms with Gasteiger partial charge >= 0.3 is 0 Å². The van der Waals surface area contributed by atoms with Crippen molar-refractivity contribution in [2.45, 2.75) is 111 Å². The van der Waals surface area contributed by atoms with E-state index in [1.165, 1.54) is 150 Å². The molecule has 5 rings (SSSR count). The Morgan fingerprint density at radius 3 is 1.18 bits per heavy atom. The molecule has 0 aromatic rings. The van der Waals surface area contributed by atoms with Gasteiger partial charge in [0.25, 0.3) is 0 Å². The molecular formula is C37H72N3+3. The van der Waals surface area contributed by atoms with Crippen LogP contribution in [0, 0.1) is 47.3 Å². The third-order valence-electron chi connectivity index (χ3n) is 14.2. The van der Waals surface area contributed by atoms with E-state index in [-0.39, 0.29) is 0 Å². The molecule has 232 valence electrons. The first kappa shape index (κ1) is 31.3. The summed E-state index contributed by atoms with van der Waals surface area (Å²) >= 11 is 0. The fourth-order valence-corrected chi connectivity index (χ4v) is 11.7. The predicted octanol–water partition coefficient (Wildman–Crippen LogP) is 7.84. The average Bonchev–Trinajstić information content (AvgIpc) is 3.59. The Kier molecular flexibility index (Phi) is 10.4. The van der Waals surface area contributed by atoms with Crippen LogP contribution in [0.25, 0.3) is 0 Å². The van der Waals surface area contributed by atoms with Crippen molar-refractivity contribution in [1.82, 2.24) is 0 Å². The topological polar surface area (TPSA) is 0 Å². The van der Waals surface area contributed by atoms with Crippen LogP contribution in [0.3, 0.4) is 0 Å². The maximum atomic E-state index is 2.50. The zero-order valence-corrected chi connectivity index (χ0v) is 28.2. The van der Waals surface area contributed by atoms with E-state index in [2.05, 4.69) is 41.8 Å². The lowest BCUT2D eigenvalue weighted by molar-refractivity contribution is -0.925. The first-order chi connectivity index (χ1) is 19.2. The molecule has 5 aliphatic heterocycles. The van der Waals surface area contributed by atoms with Crippen molar-refractivity contribution in [1.29, 1.82) is 0 Å². The highest BCUT2D eigenvalue weighted by molar-refractivity contribution is 4.83. The molecular weight excluding hydrogens is 486 g/mol. The van der Waals surface area contributed by atoms with Crippen molar-refractivity contribution in [2.75, 3.05) is 79.5 Å². The van der Waals surface area contributed by atoms with Crippen LogP contribution in [-0.2, 0) is 0 Å².